The van der Waals surface area contributed by atoms with Gasteiger partial charge in [0.25, 0.3) is 11.6 Å². The molecule has 1 aliphatic rings. The number of carboxylic acids is 1. The second-order valence-corrected chi connectivity index (χ2v) is 5.70. The summed E-state index contributed by atoms with van der Waals surface area (Å²) in [6, 6.07) is 14.2. The Morgan fingerprint density at radius 2 is 1.75 bits per heavy atom. The summed E-state index contributed by atoms with van der Waals surface area (Å²) in [5.41, 5.74) is -0.433. The molecular weight excluding hydrogens is 312 g/mol. The van der Waals surface area contributed by atoms with Crippen molar-refractivity contribution in [1.82, 2.24) is 5.32 Å². The summed E-state index contributed by atoms with van der Waals surface area (Å²) >= 11 is 0. The lowest BCUT2D eigenvalue weighted by Crippen LogP contribution is -2.44. The molecule has 0 saturated heterocycles. The molecule has 2 N–H and O–H groups in total. The Balaban J connectivity index is 1.79. The SMILES string of the molecule is O=C(NC1(C(=O)O)CC1c1ccccc1)c1ccc([N+](=O)[O-])cc1. The Bertz CT molecular complexity index is 803. The van der Waals surface area contributed by atoms with Gasteiger partial charge in [0.15, 0.2) is 0 Å². The molecular formula is C17H14N2O5. The van der Waals surface area contributed by atoms with E-state index in [4.69, 9.17) is 0 Å². The zero-order chi connectivity index (χ0) is 17.3. The maximum Gasteiger partial charge on any atom is 0.330 e. The summed E-state index contributed by atoms with van der Waals surface area (Å²) in [7, 11) is 0. The lowest BCUT2D eigenvalue weighted by atomic mass is 10.1. The number of hydrogen-bond acceptors (Lipinski definition) is 4. The normalized spacial score (nSPS) is 21.8. The number of nitro benzene ring substituents is 1. The van der Waals surface area contributed by atoms with Crippen molar-refractivity contribution in [2.75, 3.05) is 0 Å². The van der Waals surface area contributed by atoms with Gasteiger partial charge < -0.3 is 10.4 Å². The smallest absolute Gasteiger partial charge is 0.330 e. The standard InChI is InChI=1S/C17H14N2O5/c20-15(12-6-8-13(9-7-12)19(23)24)18-17(16(21)22)10-14(17)11-4-2-1-3-5-11/h1-9,14H,10H2,(H,18,20)(H,21,22). The average Bonchev–Trinajstić information content (AvgIpc) is 3.31. The maximum absolute atomic E-state index is 12.3. The van der Waals surface area contributed by atoms with Crippen LogP contribution in [0.25, 0.3) is 0 Å². The van der Waals surface area contributed by atoms with Gasteiger partial charge in [-0.1, -0.05) is 30.3 Å². The summed E-state index contributed by atoms with van der Waals surface area (Å²) < 4.78 is 0. The molecule has 2 atom stereocenters. The third kappa shape index (κ3) is 2.71. The Morgan fingerprint density at radius 3 is 2.29 bits per heavy atom. The molecule has 1 saturated carbocycles. The number of non-ortho nitro benzene ring substituents is 1. The first-order valence-corrected chi connectivity index (χ1v) is 7.29. The summed E-state index contributed by atoms with van der Waals surface area (Å²) in [5.74, 6) is -1.95. The van der Waals surface area contributed by atoms with Crippen LogP contribution < -0.4 is 5.32 Å². The summed E-state index contributed by atoms with van der Waals surface area (Å²) in [4.78, 5) is 34.1. The number of carbonyl (C=O) groups excluding carboxylic acids is 1. The number of carbonyl (C=O) groups is 2. The molecule has 1 aliphatic carbocycles. The predicted octanol–water partition coefficient (Wildman–Crippen LogP) is 2.34. The zero-order valence-electron chi connectivity index (χ0n) is 12.5. The topological polar surface area (TPSA) is 110 Å². The third-order valence-corrected chi connectivity index (χ3v) is 4.22. The number of amides is 1. The highest BCUT2D eigenvalue weighted by Gasteiger charge is 2.62. The van der Waals surface area contributed by atoms with Gasteiger partial charge in [0, 0.05) is 23.6 Å². The Labute approximate surface area is 137 Å². The zero-order valence-corrected chi connectivity index (χ0v) is 12.5. The molecule has 0 aliphatic heterocycles. The van der Waals surface area contributed by atoms with Crippen LogP contribution in [0, 0.1) is 10.1 Å². The molecule has 7 nitrogen and oxygen atoms in total. The highest BCUT2D eigenvalue weighted by Crippen LogP contribution is 2.51. The van der Waals surface area contributed by atoms with Gasteiger partial charge in [0.2, 0.25) is 0 Å². The molecule has 1 fully saturated rings. The van der Waals surface area contributed by atoms with Gasteiger partial charge in [-0.15, -0.1) is 0 Å². The van der Waals surface area contributed by atoms with Crippen LogP contribution in [0.3, 0.4) is 0 Å². The van der Waals surface area contributed by atoms with Gasteiger partial charge in [-0.3, -0.25) is 14.9 Å². The van der Waals surface area contributed by atoms with Crippen LogP contribution in [0.15, 0.2) is 54.6 Å². The molecule has 0 heterocycles. The van der Waals surface area contributed by atoms with Gasteiger partial charge in [-0.05, 0) is 24.1 Å². The summed E-state index contributed by atoms with van der Waals surface area (Å²) in [6.07, 6.45) is 0.311. The van der Waals surface area contributed by atoms with Crippen molar-refractivity contribution in [2.45, 2.75) is 17.9 Å². The van der Waals surface area contributed by atoms with E-state index in [2.05, 4.69) is 5.32 Å². The van der Waals surface area contributed by atoms with E-state index < -0.39 is 22.3 Å². The second kappa shape index (κ2) is 5.77. The van der Waals surface area contributed by atoms with Gasteiger partial charge in [0.1, 0.15) is 5.54 Å². The summed E-state index contributed by atoms with van der Waals surface area (Å²) in [6.45, 7) is 0. The fourth-order valence-electron chi connectivity index (χ4n) is 2.79. The van der Waals surface area contributed by atoms with Gasteiger partial charge in [-0.25, -0.2) is 4.79 Å². The van der Waals surface area contributed by atoms with Crippen LogP contribution in [-0.4, -0.2) is 27.4 Å². The Hall–Kier alpha value is -3.22. The largest absolute Gasteiger partial charge is 0.479 e. The maximum atomic E-state index is 12.3. The van der Waals surface area contributed by atoms with Crippen molar-refractivity contribution in [3.8, 4) is 0 Å². The van der Waals surface area contributed by atoms with Crippen LogP contribution in [0.2, 0.25) is 0 Å². The summed E-state index contributed by atoms with van der Waals surface area (Å²) in [5, 5.41) is 22.8. The Kier molecular flexibility index (Phi) is 3.76. The van der Waals surface area contributed by atoms with Gasteiger partial charge in [-0.2, -0.15) is 0 Å². The van der Waals surface area contributed by atoms with Crippen LogP contribution in [0.1, 0.15) is 28.3 Å². The highest BCUT2D eigenvalue weighted by molar-refractivity contribution is 6.00. The molecule has 1 amide bonds. The van der Waals surface area contributed by atoms with Crippen molar-refractivity contribution in [2.24, 2.45) is 0 Å². The number of nitrogens with zero attached hydrogens (tertiary/aromatic N) is 1. The second-order valence-electron chi connectivity index (χ2n) is 5.70. The lowest BCUT2D eigenvalue weighted by Gasteiger charge is -2.15. The molecule has 0 bridgehead atoms. The number of aliphatic carboxylic acids is 1. The van der Waals surface area contributed by atoms with E-state index in [0.717, 1.165) is 5.56 Å². The van der Waals surface area contributed by atoms with E-state index >= 15 is 0 Å². The molecule has 24 heavy (non-hydrogen) atoms. The molecule has 7 heteroatoms. The average molecular weight is 326 g/mol. The van der Waals surface area contributed by atoms with E-state index in [9.17, 15) is 24.8 Å². The van der Waals surface area contributed by atoms with Crippen LogP contribution in [0.5, 0.6) is 0 Å². The van der Waals surface area contributed by atoms with Crippen LogP contribution >= 0.6 is 0 Å². The van der Waals surface area contributed by atoms with E-state index in [-0.39, 0.29) is 17.2 Å². The van der Waals surface area contributed by atoms with Crippen molar-refractivity contribution < 1.29 is 19.6 Å². The third-order valence-electron chi connectivity index (χ3n) is 4.22. The molecule has 0 radical (unpaired) electrons. The highest BCUT2D eigenvalue weighted by atomic mass is 16.6. The monoisotopic (exact) mass is 326 g/mol. The molecule has 0 spiro atoms. The number of nitro groups is 1. The van der Waals surface area contributed by atoms with E-state index in [0.29, 0.717) is 6.42 Å². The van der Waals surface area contributed by atoms with Crippen molar-refractivity contribution in [3.05, 3.63) is 75.8 Å². The van der Waals surface area contributed by atoms with E-state index in [1.54, 1.807) is 0 Å². The number of hydrogen-bond donors (Lipinski definition) is 2. The molecule has 3 rings (SSSR count). The van der Waals surface area contributed by atoms with Crippen molar-refractivity contribution in [3.63, 3.8) is 0 Å². The number of rotatable bonds is 5. The minimum atomic E-state index is -1.33. The number of carboxylic acid groups (broad SMARTS) is 1. The number of nitrogens with one attached hydrogen (secondary N) is 1. The Morgan fingerprint density at radius 1 is 1.12 bits per heavy atom. The van der Waals surface area contributed by atoms with Crippen molar-refractivity contribution in [1.29, 1.82) is 0 Å². The fraction of sp³-hybridized carbons (Fsp3) is 0.176. The molecule has 2 unspecified atom stereocenters. The number of benzene rings is 2. The minimum Gasteiger partial charge on any atom is -0.479 e. The quantitative estimate of drug-likeness (QED) is 0.647. The molecule has 0 aromatic heterocycles. The predicted molar refractivity (Wildman–Crippen MR) is 84.7 cm³/mol. The first-order valence-electron chi connectivity index (χ1n) is 7.29. The van der Waals surface area contributed by atoms with Gasteiger partial charge in [0.05, 0.1) is 4.92 Å². The van der Waals surface area contributed by atoms with E-state index in [1.165, 1.54) is 24.3 Å². The molecule has 2 aromatic carbocycles. The first kappa shape index (κ1) is 15.7. The first-order chi connectivity index (χ1) is 11.4. The molecule has 122 valence electrons. The van der Waals surface area contributed by atoms with Crippen LogP contribution in [0.4, 0.5) is 5.69 Å². The van der Waals surface area contributed by atoms with Crippen LogP contribution in [-0.2, 0) is 4.79 Å². The van der Waals surface area contributed by atoms with Gasteiger partial charge >= 0.3 is 5.97 Å². The fourth-order valence-corrected chi connectivity index (χ4v) is 2.79. The molecule has 2 aromatic rings. The minimum absolute atomic E-state index is 0.131. The van der Waals surface area contributed by atoms with Crippen molar-refractivity contribution >= 4 is 17.6 Å². The lowest BCUT2D eigenvalue weighted by molar-refractivity contribution is -0.384. The van der Waals surface area contributed by atoms with E-state index in [1.807, 2.05) is 30.3 Å².